The smallest absolute Gasteiger partial charge is 0.319 e. The number of hydrogen-bond donors (Lipinski definition) is 3. The summed E-state index contributed by atoms with van der Waals surface area (Å²) in [5, 5.41) is 8.21. The van der Waals surface area contributed by atoms with E-state index in [1.165, 1.54) is 0 Å². The molecular formula is C14H19N3O3. The second-order valence-electron chi connectivity index (χ2n) is 5.92. The number of nitrogens with one attached hydrogen (secondary N) is 3. The van der Waals surface area contributed by atoms with Crippen molar-refractivity contribution in [3.63, 3.8) is 0 Å². The van der Waals surface area contributed by atoms with E-state index < -0.39 is 0 Å². The number of urea groups is 1. The van der Waals surface area contributed by atoms with Crippen molar-refractivity contribution < 1.29 is 14.3 Å². The number of ether oxygens (including phenoxy) is 1. The van der Waals surface area contributed by atoms with Crippen LogP contribution in [0.25, 0.3) is 0 Å². The van der Waals surface area contributed by atoms with Crippen molar-refractivity contribution in [2.45, 2.75) is 20.8 Å². The summed E-state index contributed by atoms with van der Waals surface area (Å²) in [6.07, 6.45) is 0. The fourth-order valence-electron chi connectivity index (χ4n) is 1.68. The summed E-state index contributed by atoms with van der Waals surface area (Å²) in [7, 11) is 0. The van der Waals surface area contributed by atoms with E-state index >= 15 is 0 Å². The van der Waals surface area contributed by atoms with Crippen molar-refractivity contribution in [2.24, 2.45) is 5.41 Å². The van der Waals surface area contributed by atoms with Gasteiger partial charge in [-0.1, -0.05) is 20.8 Å². The van der Waals surface area contributed by atoms with Crippen LogP contribution >= 0.6 is 0 Å². The first kappa shape index (κ1) is 14.2. The Balaban J connectivity index is 1.98. The summed E-state index contributed by atoms with van der Waals surface area (Å²) in [6, 6.07) is 4.84. The van der Waals surface area contributed by atoms with Crippen LogP contribution in [0.2, 0.25) is 0 Å². The Bertz CT molecular complexity index is 535. The third-order valence-corrected chi connectivity index (χ3v) is 2.65. The first-order chi connectivity index (χ1) is 9.33. The summed E-state index contributed by atoms with van der Waals surface area (Å²) in [6.45, 7) is 6.71. The van der Waals surface area contributed by atoms with Gasteiger partial charge >= 0.3 is 6.03 Å². The molecule has 0 bridgehead atoms. The Hall–Kier alpha value is -2.24. The molecule has 0 aromatic heterocycles. The minimum absolute atomic E-state index is 0.0197. The maximum absolute atomic E-state index is 11.8. The number of carbonyl (C=O) groups is 2. The molecule has 1 aliphatic heterocycles. The predicted molar refractivity (Wildman–Crippen MR) is 77.0 cm³/mol. The van der Waals surface area contributed by atoms with Gasteiger partial charge in [-0.2, -0.15) is 0 Å². The lowest BCUT2D eigenvalue weighted by Crippen LogP contribution is -2.35. The molecular weight excluding hydrogens is 258 g/mol. The van der Waals surface area contributed by atoms with Gasteiger partial charge in [0.2, 0.25) is 0 Å². The molecule has 3 N–H and O–H groups in total. The molecule has 0 unspecified atom stereocenters. The molecule has 2 rings (SSSR count). The summed E-state index contributed by atoms with van der Waals surface area (Å²) in [4.78, 5) is 23.0. The van der Waals surface area contributed by atoms with Crippen LogP contribution in [0.5, 0.6) is 5.75 Å². The van der Waals surface area contributed by atoms with Gasteiger partial charge in [0, 0.05) is 12.2 Å². The van der Waals surface area contributed by atoms with E-state index in [4.69, 9.17) is 4.74 Å². The van der Waals surface area contributed by atoms with E-state index in [0.29, 0.717) is 23.7 Å². The maximum Gasteiger partial charge on any atom is 0.319 e. The highest BCUT2D eigenvalue weighted by Crippen LogP contribution is 2.30. The number of anilines is 2. The number of benzene rings is 1. The highest BCUT2D eigenvalue weighted by Gasteiger charge is 2.17. The first-order valence-corrected chi connectivity index (χ1v) is 6.45. The van der Waals surface area contributed by atoms with Gasteiger partial charge in [-0.3, -0.25) is 4.79 Å². The van der Waals surface area contributed by atoms with Crippen molar-refractivity contribution in [3.8, 4) is 5.75 Å². The number of carbonyl (C=O) groups excluding carboxylic acids is 2. The molecule has 6 nitrogen and oxygen atoms in total. The molecule has 1 heterocycles. The Morgan fingerprint density at radius 1 is 1.40 bits per heavy atom. The molecule has 20 heavy (non-hydrogen) atoms. The lowest BCUT2D eigenvalue weighted by atomic mass is 9.97. The van der Waals surface area contributed by atoms with Gasteiger partial charge in [-0.15, -0.1) is 0 Å². The SMILES string of the molecule is CC(C)(C)CNC(=O)Nc1ccc2c(c1)NC(=O)CO2. The molecule has 6 heteroatoms. The molecule has 1 aliphatic rings. The largest absolute Gasteiger partial charge is 0.482 e. The second-order valence-corrected chi connectivity index (χ2v) is 5.92. The first-order valence-electron chi connectivity index (χ1n) is 6.45. The van der Waals surface area contributed by atoms with Gasteiger partial charge < -0.3 is 20.7 Å². The van der Waals surface area contributed by atoms with Crippen LogP contribution in [-0.4, -0.2) is 25.1 Å². The van der Waals surface area contributed by atoms with E-state index in [0.717, 1.165) is 0 Å². The molecule has 0 saturated carbocycles. The topological polar surface area (TPSA) is 79.5 Å². The molecule has 3 amide bonds. The molecule has 1 aromatic rings. The number of hydrogen-bond acceptors (Lipinski definition) is 3. The fraction of sp³-hybridized carbons (Fsp3) is 0.429. The van der Waals surface area contributed by atoms with E-state index in [9.17, 15) is 9.59 Å². The van der Waals surface area contributed by atoms with Crippen molar-refractivity contribution in [3.05, 3.63) is 18.2 Å². The van der Waals surface area contributed by atoms with Gasteiger partial charge in [0.25, 0.3) is 5.91 Å². The number of rotatable bonds is 2. The maximum atomic E-state index is 11.8. The second kappa shape index (κ2) is 5.40. The lowest BCUT2D eigenvalue weighted by Gasteiger charge is -2.20. The van der Waals surface area contributed by atoms with E-state index in [1.807, 2.05) is 20.8 Å². The van der Waals surface area contributed by atoms with Crippen LogP contribution in [0.15, 0.2) is 18.2 Å². The highest BCUT2D eigenvalue weighted by atomic mass is 16.5. The monoisotopic (exact) mass is 277 g/mol. The molecule has 0 aliphatic carbocycles. The molecule has 0 spiro atoms. The zero-order chi connectivity index (χ0) is 14.8. The highest BCUT2D eigenvalue weighted by molar-refractivity contribution is 5.97. The van der Waals surface area contributed by atoms with Crippen LogP contribution in [-0.2, 0) is 4.79 Å². The Morgan fingerprint density at radius 2 is 2.15 bits per heavy atom. The van der Waals surface area contributed by atoms with Gasteiger partial charge in [-0.05, 0) is 23.6 Å². The van der Waals surface area contributed by atoms with Crippen LogP contribution in [0.4, 0.5) is 16.2 Å². The average molecular weight is 277 g/mol. The van der Waals surface area contributed by atoms with Gasteiger partial charge in [0.05, 0.1) is 5.69 Å². The molecule has 0 saturated heterocycles. The van der Waals surface area contributed by atoms with Crippen molar-refractivity contribution in [2.75, 3.05) is 23.8 Å². The van der Waals surface area contributed by atoms with Gasteiger partial charge in [0.1, 0.15) is 5.75 Å². The quantitative estimate of drug-likeness (QED) is 0.775. The van der Waals surface area contributed by atoms with Crippen molar-refractivity contribution >= 4 is 23.3 Å². The van der Waals surface area contributed by atoms with Gasteiger partial charge in [-0.25, -0.2) is 4.79 Å². The van der Waals surface area contributed by atoms with E-state index in [2.05, 4.69) is 16.0 Å². The van der Waals surface area contributed by atoms with Crippen LogP contribution in [0.3, 0.4) is 0 Å². The standard InChI is InChI=1S/C14H19N3O3/c1-14(2,3)8-15-13(19)16-9-4-5-11-10(6-9)17-12(18)7-20-11/h4-6H,7-8H2,1-3H3,(H,17,18)(H2,15,16,19). The van der Waals surface area contributed by atoms with Gasteiger partial charge in [0.15, 0.2) is 6.61 Å². The molecule has 0 atom stereocenters. The van der Waals surface area contributed by atoms with Crippen LogP contribution < -0.4 is 20.7 Å². The number of fused-ring (bicyclic) bond motifs is 1. The summed E-state index contributed by atoms with van der Waals surface area (Å²) >= 11 is 0. The van der Waals surface area contributed by atoms with Crippen molar-refractivity contribution in [1.82, 2.24) is 5.32 Å². The fourth-order valence-corrected chi connectivity index (χ4v) is 1.68. The third kappa shape index (κ3) is 3.88. The van der Waals surface area contributed by atoms with E-state index in [-0.39, 0.29) is 24.0 Å². The zero-order valence-electron chi connectivity index (χ0n) is 11.9. The van der Waals surface area contributed by atoms with E-state index in [1.54, 1.807) is 18.2 Å². The average Bonchev–Trinajstić information content (AvgIpc) is 2.35. The molecule has 108 valence electrons. The summed E-state index contributed by atoms with van der Waals surface area (Å²) in [5.74, 6) is 0.400. The lowest BCUT2D eigenvalue weighted by molar-refractivity contribution is -0.118. The van der Waals surface area contributed by atoms with Crippen LogP contribution in [0.1, 0.15) is 20.8 Å². The minimum Gasteiger partial charge on any atom is -0.482 e. The summed E-state index contributed by atoms with van der Waals surface area (Å²) < 4.78 is 5.25. The normalized spacial score (nSPS) is 13.8. The zero-order valence-corrected chi connectivity index (χ0v) is 11.9. The molecule has 0 fully saturated rings. The third-order valence-electron chi connectivity index (χ3n) is 2.65. The predicted octanol–water partition coefficient (Wildman–Crippen LogP) is 2.19. The van der Waals surface area contributed by atoms with Crippen molar-refractivity contribution in [1.29, 1.82) is 0 Å². The minimum atomic E-state index is -0.275. The number of amides is 3. The molecule has 0 radical (unpaired) electrons. The molecule has 1 aromatic carbocycles. The Labute approximate surface area is 117 Å². The van der Waals surface area contributed by atoms with Crippen LogP contribution in [0, 0.1) is 5.41 Å². The Kier molecular flexibility index (Phi) is 3.83. The Morgan fingerprint density at radius 3 is 2.85 bits per heavy atom. The summed E-state index contributed by atoms with van der Waals surface area (Å²) in [5.41, 5.74) is 1.19.